The highest BCUT2D eigenvalue weighted by molar-refractivity contribution is 6.30. The largest absolute Gasteiger partial charge is 0.452 e. The molecule has 0 unspecified atom stereocenters. The fraction of sp³-hybridized carbons (Fsp3) is 0.0556. The third kappa shape index (κ3) is 6.48. The third-order valence-corrected chi connectivity index (χ3v) is 3.19. The molecule has 25 heavy (non-hydrogen) atoms. The van der Waals surface area contributed by atoms with Crippen LogP contribution in [-0.2, 0) is 14.3 Å². The Kier molecular flexibility index (Phi) is 6.74. The van der Waals surface area contributed by atoms with E-state index in [2.05, 4.69) is 10.9 Å². The zero-order valence-corrected chi connectivity index (χ0v) is 13.8. The van der Waals surface area contributed by atoms with Crippen LogP contribution in [0.5, 0.6) is 0 Å². The zero-order chi connectivity index (χ0) is 18.1. The van der Waals surface area contributed by atoms with Crippen LogP contribution in [0.4, 0.5) is 0 Å². The zero-order valence-electron chi connectivity index (χ0n) is 13.1. The first-order valence-electron chi connectivity index (χ1n) is 7.29. The van der Waals surface area contributed by atoms with Gasteiger partial charge in [0.05, 0.1) is 0 Å². The van der Waals surface area contributed by atoms with Crippen LogP contribution in [0, 0.1) is 0 Å². The van der Waals surface area contributed by atoms with E-state index in [4.69, 9.17) is 16.3 Å². The molecule has 0 fully saturated rings. The van der Waals surface area contributed by atoms with Crippen LogP contribution in [0.3, 0.4) is 0 Å². The lowest BCUT2D eigenvalue weighted by Gasteiger charge is -2.07. The van der Waals surface area contributed by atoms with E-state index < -0.39 is 24.4 Å². The summed E-state index contributed by atoms with van der Waals surface area (Å²) in [6.07, 6.45) is 2.70. The van der Waals surface area contributed by atoms with Crippen molar-refractivity contribution in [1.29, 1.82) is 0 Å². The van der Waals surface area contributed by atoms with Crippen LogP contribution in [-0.4, -0.2) is 24.4 Å². The minimum absolute atomic E-state index is 0.393. The Hall–Kier alpha value is -3.12. The van der Waals surface area contributed by atoms with E-state index in [9.17, 15) is 14.4 Å². The van der Waals surface area contributed by atoms with Crippen LogP contribution >= 0.6 is 11.6 Å². The van der Waals surface area contributed by atoms with Crippen molar-refractivity contribution in [3.63, 3.8) is 0 Å². The first kappa shape index (κ1) is 18.2. The molecule has 0 aliphatic carbocycles. The maximum absolute atomic E-state index is 11.7. The number of hydrazine groups is 1. The fourth-order valence-electron chi connectivity index (χ4n) is 1.78. The number of nitrogens with one attached hydrogen (secondary N) is 2. The summed E-state index contributed by atoms with van der Waals surface area (Å²) in [5.41, 5.74) is 5.50. The van der Waals surface area contributed by atoms with Gasteiger partial charge < -0.3 is 4.74 Å². The predicted molar refractivity (Wildman–Crippen MR) is 93.5 cm³/mol. The lowest BCUT2D eigenvalue weighted by molar-refractivity contribution is -0.144. The number of carbonyl (C=O) groups is 3. The Balaban J connectivity index is 1.72. The lowest BCUT2D eigenvalue weighted by atomic mass is 10.2. The topological polar surface area (TPSA) is 84.5 Å². The summed E-state index contributed by atoms with van der Waals surface area (Å²) in [7, 11) is 0. The molecule has 0 saturated heterocycles. The van der Waals surface area contributed by atoms with Crippen LogP contribution in [0.1, 0.15) is 15.9 Å². The first-order valence-corrected chi connectivity index (χ1v) is 7.67. The van der Waals surface area contributed by atoms with Crippen LogP contribution in [0.15, 0.2) is 60.7 Å². The Bertz CT molecular complexity index is 791. The molecule has 6 nitrogen and oxygen atoms in total. The highest BCUT2D eigenvalue weighted by atomic mass is 35.5. The average Bonchev–Trinajstić information content (AvgIpc) is 2.63. The number of hydrogen-bond acceptors (Lipinski definition) is 4. The first-order chi connectivity index (χ1) is 12.0. The summed E-state index contributed by atoms with van der Waals surface area (Å²) in [6.45, 7) is -0.520. The van der Waals surface area contributed by atoms with Gasteiger partial charge in [-0.05, 0) is 35.9 Å². The summed E-state index contributed by atoms with van der Waals surface area (Å²) in [5, 5.41) is 0.545. The second-order valence-electron chi connectivity index (χ2n) is 4.86. The Labute approximate surface area is 149 Å². The molecule has 0 saturated carbocycles. The summed E-state index contributed by atoms with van der Waals surface area (Å²) < 4.78 is 4.77. The van der Waals surface area contributed by atoms with E-state index in [0.29, 0.717) is 10.6 Å². The van der Waals surface area contributed by atoms with E-state index in [1.807, 2.05) is 0 Å². The number of ether oxygens (including phenoxy) is 1. The number of hydrogen-bond donors (Lipinski definition) is 2. The van der Waals surface area contributed by atoms with Crippen molar-refractivity contribution < 1.29 is 19.1 Å². The van der Waals surface area contributed by atoms with Crippen molar-refractivity contribution in [2.45, 2.75) is 0 Å². The fourth-order valence-corrected chi connectivity index (χ4v) is 1.98. The molecule has 128 valence electrons. The normalized spacial score (nSPS) is 10.3. The van der Waals surface area contributed by atoms with Gasteiger partial charge in [-0.1, -0.05) is 41.9 Å². The molecule has 0 aliphatic heterocycles. The maximum Gasteiger partial charge on any atom is 0.331 e. The van der Waals surface area contributed by atoms with E-state index >= 15 is 0 Å². The molecule has 2 rings (SSSR count). The highest BCUT2D eigenvalue weighted by Gasteiger charge is 2.08. The number of esters is 1. The predicted octanol–water partition coefficient (Wildman–Crippen LogP) is 2.36. The van der Waals surface area contributed by atoms with E-state index in [1.165, 1.54) is 12.2 Å². The van der Waals surface area contributed by atoms with E-state index in [0.717, 1.165) is 5.56 Å². The summed E-state index contributed by atoms with van der Waals surface area (Å²) >= 11 is 5.83. The molecule has 2 amide bonds. The van der Waals surface area contributed by atoms with Crippen LogP contribution in [0.25, 0.3) is 6.08 Å². The van der Waals surface area contributed by atoms with Gasteiger partial charge in [-0.25, -0.2) is 4.79 Å². The molecule has 0 bridgehead atoms. The van der Waals surface area contributed by atoms with Gasteiger partial charge in [0.1, 0.15) is 0 Å². The van der Waals surface area contributed by atoms with Gasteiger partial charge in [-0.3, -0.25) is 20.4 Å². The van der Waals surface area contributed by atoms with E-state index in [1.54, 1.807) is 54.6 Å². The van der Waals surface area contributed by atoms with Gasteiger partial charge in [0.25, 0.3) is 11.8 Å². The molecule has 0 atom stereocenters. The van der Waals surface area contributed by atoms with Gasteiger partial charge in [0, 0.05) is 16.7 Å². The molecule has 0 radical (unpaired) electrons. The smallest absolute Gasteiger partial charge is 0.331 e. The SMILES string of the molecule is O=C(COC(=O)/C=C/c1cccc(Cl)c1)NNC(=O)c1ccccc1. The van der Waals surface area contributed by atoms with Crippen molar-refractivity contribution in [2.24, 2.45) is 0 Å². The van der Waals surface area contributed by atoms with Crippen molar-refractivity contribution in [3.8, 4) is 0 Å². The second-order valence-corrected chi connectivity index (χ2v) is 5.30. The molecule has 0 aliphatic rings. The quantitative estimate of drug-likeness (QED) is 0.488. The van der Waals surface area contributed by atoms with E-state index in [-0.39, 0.29) is 0 Å². The Morgan fingerprint density at radius 2 is 1.76 bits per heavy atom. The Morgan fingerprint density at radius 3 is 2.48 bits per heavy atom. The number of carbonyl (C=O) groups excluding carboxylic acids is 3. The van der Waals surface area contributed by atoms with Gasteiger partial charge in [-0.2, -0.15) is 0 Å². The number of benzene rings is 2. The number of amides is 2. The van der Waals surface area contributed by atoms with Crippen LogP contribution in [0.2, 0.25) is 5.02 Å². The standard InChI is InChI=1S/C18H15ClN2O4/c19-15-8-4-5-13(11-15)9-10-17(23)25-12-16(22)20-21-18(24)14-6-2-1-3-7-14/h1-11H,12H2,(H,20,22)(H,21,24)/b10-9+. The summed E-state index contributed by atoms with van der Waals surface area (Å²) in [6, 6.07) is 15.3. The second kappa shape index (κ2) is 9.24. The Morgan fingerprint density at radius 1 is 1.00 bits per heavy atom. The van der Waals surface area contributed by atoms with Crippen molar-refractivity contribution in [2.75, 3.05) is 6.61 Å². The summed E-state index contributed by atoms with van der Waals surface area (Å²) in [5.74, 6) is -1.82. The molecule has 2 aromatic rings. The van der Waals surface area contributed by atoms with Crippen molar-refractivity contribution >= 4 is 35.5 Å². The lowest BCUT2D eigenvalue weighted by Crippen LogP contribution is -2.43. The molecule has 0 aromatic heterocycles. The van der Waals surface area contributed by atoms with Gasteiger partial charge in [0.2, 0.25) is 0 Å². The molecular formula is C18H15ClN2O4. The van der Waals surface area contributed by atoms with Gasteiger partial charge in [-0.15, -0.1) is 0 Å². The average molecular weight is 359 g/mol. The highest BCUT2D eigenvalue weighted by Crippen LogP contribution is 2.11. The molecule has 0 spiro atoms. The van der Waals surface area contributed by atoms with Crippen LogP contribution < -0.4 is 10.9 Å². The number of rotatable bonds is 5. The minimum Gasteiger partial charge on any atom is -0.452 e. The molecule has 7 heteroatoms. The number of halogens is 1. The third-order valence-electron chi connectivity index (χ3n) is 2.96. The molecular weight excluding hydrogens is 344 g/mol. The molecule has 2 aromatic carbocycles. The van der Waals surface area contributed by atoms with Crippen molar-refractivity contribution in [1.82, 2.24) is 10.9 Å². The molecule has 2 N–H and O–H groups in total. The van der Waals surface area contributed by atoms with Gasteiger partial charge in [0.15, 0.2) is 6.61 Å². The van der Waals surface area contributed by atoms with Crippen molar-refractivity contribution in [3.05, 3.63) is 76.8 Å². The minimum atomic E-state index is -0.690. The molecule has 0 heterocycles. The summed E-state index contributed by atoms with van der Waals surface area (Å²) in [4.78, 5) is 34.8. The maximum atomic E-state index is 11.7. The monoisotopic (exact) mass is 358 g/mol. The van der Waals surface area contributed by atoms with Gasteiger partial charge >= 0.3 is 5.97 Å².